The van der Waals surface area contributed by atoms with Crippen LogP contribution in [0.5, 0.6) is 0 Å². The number of carboxylic acids is 2. The number of rotatable bonds is 31. The Bertz CT molecular complexity index is 892. The molecule has 0 radical (unpaired) electrons. The molecule has 0 aromatic heterocycles. The summed E-state index contributed by atoms with van der Waals surface area (Å²) < 4.78 is 0. The molecule has 54 heavy (non-hydrogen) atoms. The molecule has 0 aliphatic carbocycles. The summed E-state index contributed by atoms with van der Waals surface area (Å²) in [6.45, 7) is 18.4. The van der Waals surface area contributed by atoms with Crippen LogP contribution < -0.4 is 10.6 Å². The molecule has 2 aliphatic heterocycles. The average Bonchev–Trinajstić information content (AvgIpc) is 3.16. The van der Waals surface area contributed by atoms with Crippen molar-refractivity contribution in [1.82, 2.24) is 10.6 Å². The first-order valence-corrected chi connectivity index (χ1v) is 23.9. The van der Waals surface area contributed by atoms with Gasteiger partial charge in [-0.15, -0.1) is 0 Å². The SMILES string of the molecule is CCCCC1(CCCC)CC(C(CCCC(=O)O)(C(=O)O)C2CC(CCCC)(CCCC)NC(CCCC)(CCCC)C2)CC(CCCC)(CCCC)N1. The fourth-order valence-electron chi connectivity index (χ4n) is 11.8. The second kappa shape index (κ2) is 24.6. The summed E-state index contributed by atoms with van der Waals surface area (Å²) in [5.41, 5.74) is -1.29. The Morgan fingerprint density at radius 3 is 0.889 bits per heavy atom. The van der Waals surface area contributed by atoms with Crippen LogP contribution in [0.1, 0.15) is 254 Å². The van der Waals surface area contributed by atoms with Crippen molar-refractivity contribution in [3.05, 3.63) is 0 Å². The van der Waals surface area contributed by atoms with Gasteiger partial charge in [-0.25, -0.2) is 0 Å². The molecule has 0 saturated carbocycles. The Kier molecular flexibility index (Phi) is 22.3. The lowest BCUT2D eigenvalue weighted by Gasteiger charge is -2.61. The molecule has 0 unspecified atom stereocenters. The normalized spacial score (nSPS) is 19.9. The van der Waals surface area contributed by atoms with E-state index in [1.807, 2.05) is 0 Å². The lowest BCUT2D eigenvalue weighted by Crippen LogP contribution is -2.69. The highest BCUT2D eigenvalue weighted by Crippen LogP contribution is 2.59. The largest absolute Gasteiger partial charge is 0.481 e. The lowest BCUT2D eigenvalue weighted by molar-refractivity contribution is -0.169. The second-order valence-corrected chi connectivity index (χ2v) is 19.0. The molecule has 0 aromatic rings. The molecule has 4 N–H and O–H groups in total. The topological polar surface area (TPSA) is 98.7 Å². The maximum Gasteiger partial charge on any atom is 0.310 e. The number of carboxylic acid groups (broad SMARTS) is 2. The van der Waals surface area contributed by atoms with Gasteiger partial charge in [0, 0.05) is 28.6 Å². The van der Waals surface area contributed by atoms with Gasteiger partial charge in [-0.1, -0.05) is 158 Å². The van der Waals surface area contributed by atoms with E-state index in [9.17, 15) is 19.8 Å². The number of piperidine rings is 2. The third kappa shape index (κ3) is 13.8. The number of nitrogens with one attached hydrogen (secondary N) is 2. The molecule has 0 aromatic carbocycles. The van der Waals surface area contributed by atoms with E-state index >= 15 is 0 Å². The highest BCUT2D eigenvalue weighted by molar-refractivity contribution is 5.76. The smallest absolute Gasteiger partial charge is 0.310 e. The van der Waals surface area contributed by atoms with E-state index in [1.165, 1.54) is 0 Å². The van der Waals surface area contributed by atoms with Gasteiger partial charge in [-0.2, -0.15) is 0 Å². The van der Waals surface area contributed by atoms with Crippen LogP contribution in [0.15, 0.2) is 0 Å². The third-order valence-corrected chi connectivity index (χ3v) is 14.5. The van der Waals surface area contributed by atoms with Gasteiger partial charge in [0.05, 0.1) is 5.41 Å². The van der Waals surface area contributed by atoms with Gasteiger partial charge in [-0.05, 0) is 102 Å². The van der Waals surface area contributed by atoms with Gasteiger partial charge >= 0.3 is 11.9 Å². The van der Waals surface area contributed by atoms with Crippen molar-refractivity contribution in [1.29, 1.82) is 0 Å². The molecule has 0 atom stereocenters. The van der Waals surface area contributed by atoms with Crippen LogP contribution in [0.25, 0.3) is 0 Å². The van der Waals surface area contributed by atoms with Crippen LogP contribution in [-0.4, -0.2) is 44.3 Å². The Hall–Kier alpha value is -1.14. The zero-order valence-corrected chi connectivity index (χ0v) is 37.3. The van der Waals surface area contributed by atoms with Crippen molar-refractivity contribution in [2.75, 3.05) is 0 Å². The van der Waals surface area contributed by atoms with Crippen LogP contribution in [0.4, 0.5) is 0 Å². The molecule has 2 rings (SSSR count). The maximum atomic E-state index is 14.9. The van der Waals surface area contributed by atoms with E-state index < -0.39 is 17.4 Å². The molecular formula is C48H92N2O4. The van der Waals surface area contributed by atoms with Gasteiger partial charge in [0.2, 0.25) is 0 Å². The van der Waals surface area contributed by atoms with Gasteiger partial charge < -0.3 is 20.8 Å². The molecule has 0 amide bonds. The zero-order valence-electron chi connectivity index (χ0n) is 37.3. The van der Waals surface area contributed by atoms with Crippen LogP contribution in [0.2, 0.25) is 0 Å². The van der Waals surface area contributed by atoms with E-state index in [1.54, 1.807) is 0 Å². The predicted octanol–water partition coefficient (Wildman–Crippen LogP) is 13.8. The van der Waals surface area contributed by atoms with Crippen molar-refractivity contribution >= 4 is 11.9 Å². The third-order valence-electron chi connectivity index (χ3n) is 14.5. The molecule has 2 fully saturated rings. The minimum Gasteiger partial charge on any atom is -0.481 e. The monoisotopic (exact) mass is 761 g/mol. The molecule has 6 nitrogen and oxygen atoms in total. The van der Waals surface area contributed by atoms with Crippen LogP contribution in [0.3, 0.4) is 0 Å². The number of aliphatic carboxylic acids is 2. The van der Waals surface area contributed by atoms with E-state index in [0.717, 1.165) is 180 Å². The Morgan fingerprint density at radius 2 is 0.704 bits per heavy atom. The van der Waals surface area contributed by atoms with Crippen molar-refractivity contribution in [2.45, 2.75) is 277 Å². The molecule has 318 valence electrons. The van der Waals surface area contributed by atoms with Gasteiger partial charge in [0.15, 0.2) is 0 Å². The molecule has 0 spiro atoms. The molecular weight excluding hydrogens is 669 g/mol. The summed E-state index contributed by atoms with van der Waals surface area (Å²) >= 11 is 0. The van der Waals surface area contributed by atoms with Crippen LogP contribution in [-0.2, 0) is 9.59 Å². The molecule has 2 aliphatic rings. The van der Waals surface area contributed by atoms with Crippen molar-refractivity contribution in [3.63, 3.8) is 0 Å². The minimum absolute atomic E-state index is 0.0145. The second-order valence-electron chi connectivity index (χ2n) is 19.0. The summed E-state index contributed by atoms with van der Waals surface area (Å²) in [4.78, 5) is 27.1. The molecule has 2 heterocycles. The minimum atomic E-state index is -0.958. The molecule has 6 heteroatoms. The Labute approximate surface area is 335 Å². The van der Waals surface area contributed by atoms with Gasteiger partial charge in [0.25, 0.3) is 0 Å². The standard InChI is InChI=1S/C48H92N2O4/c1-9-17-27-44(28-18-10-2)36-40(37-45(49-44,29-19-11-3)30-20-12-4)48(43(53)54,35-25-26-42(51)52)41-38-46(31-21-13-5,32-22-14-6)50-47(39-41,33-23-15-7)34-24-16-8/h40-41,49-50H,9-39H2,1-8H3,(H,51,52)(H,53,54). The Morgan fingerprint density at radius 1 is 0.463 bits per heavy atom. The zero-order chi connectivity index (χ0) is 40.1. The fraction of sp³-hybridized carbons (Fsp3) is 0.958. The Balaban J connectivity index is 3.03. The lowest BCUT2D eigenvalue weighted by atomic mass is 9.50. The van der Waals surface area contributed by atoms with E-state index in [0.29, 0.717) is 12.8 Å². The van der Waals surface area contributed by atoms with E-state index in [-0.39, 0.29) is 40.4 Å². The summed E-state index contributed by atoms with van der Waals surface area (Å²) in [5, 5.41) is 31.2. The van der Waals surface area contributed by atoms with Crippen molar-refractivity contribution < 1.29 is 19.8 Å². The van der Waals surface area contributed by atoms with Crippen molar-refractivity contribution in [3.8, 4) is 0 Å². The predicted molar refractivity (Wildman–Crippen MR) is 230 cm³/mol. The quantitative estimate of drug-likeness (QED) is 0.0562. The van der Waals surface area contributed by atoms with Crippen LogP contribution >= 0.6 is 0 Å². The average molecular weight is 761 g/mol. The summed E-state index contributed by atoms with van der Waals surface area (Å²) in [5.74, 6) is -1.39. The van der Waals surface area contributed by atoms with E-state index in [2.05, 4.69) is 66.0 Å². The maximum absolute atomic E-state index is 14.9. The number of hydrogen-bond acceptors (Lipinski definition) is 4. The highest BCUT2D eigenvalue weighted by Gasteiger charge is 2.61. The number of hydrogen-bond donors (Lipinski definition) is 4. The first-order valence-electron chi connectivity index (χ1n) is 23.9. The summed E-state index contributed by atoms with van der Waals surface area (Å²) in [7, 11) is 0. The number of unbranched alkanes of at least 4 members (excludes halogenated alkanes) is 8. The first-order chi connectivity index (χ1) is 25.9. The molecule has 2 saturated heterocycles. The first kappa shape index (κ1) is 49.0. The highest BCUT2D eigenvalue weighted by atomic mass is 16.4. The van der Waals surface area contributed by atoms with E-state index in [4.69, 9.17) is 0 Å². The summed E-state index contributed by atoms with van der Waals surface area (Å²) in [6, 6.07) is 0. The fourth-order valence-corrected chi connectivity index (χ4v) is 11.8. The van der Waals surface area contributed by atoms with Gasteiger partial charge in [-0.3, -0.25) is 9.59 Å². The van der Waals surface area contributed by atoms with Gasteiger partial charge in [0.1, 0.15) is 0 Å². The summed E-state index contributed by atoms with van der Waals surface area (Å²) in [6.07, 6.45) is 31.8. The van der Waals surface area contributed by atoms with Crippen molar-refractivity contribution in [2.24, 2.45) is 17.3 Å². The number of carbonyl (C=O) groups is 2. The van der Waals surface area contributed by atoms with Crippen LogP contribution in [0, 0.1) is 17.3 Å². The molecule has 0 bridgehead atoms.